The lowest BCUT2D eigenvalue weighted by Crippen LogP contribution is -2.29. The Morgan fingerprint density at radius 1 is 1.00 bits per heavy atom. The minimum Gasteiger partial charge on any atom is -0.406 e. The molecule has 1 unspecified atom stereocenters. The largest absolute Gasteiger partial charge is 0.573 e. The van der Waals surface area contributed by atoms with Crippen molar-refractivity contribution in [3.8, 4) is 5.75 Å². The van der Waals surface area contributed by atoms with Gasteiger partial charge in [0.1, 0.15) is 15.7 Å². The molecule has 1 N–H and O–H groups in total. The first-order valence-electron chi connectivity index (χ1n) is 12.7. The van der Waals surface area contributed by atoms with Gasteiger partial charge in [0.05, 0.1) is 11.4 Å². The molecule has 5 nitrogen and oxygen atoms in total. The van der Waals surface area contributed by atoms with Gasteiger partial charge in [0.15, 0.2) is 0 Å². The molecule has 1 atom stereocenters. The number of para-hydroxylation sites is 1. The number of fused-ring (bicyclic) bond motifs is 2. The molecular formula is C28H29ClF3N3O2S. The predicted molar refractivity (Wildman–Crippen MR) is 144 cm³/mol. The van der Waals surface area contributed by atoms with E-state index >= 15 is 0 Å². The van der Waals surface area contributed by atoms with Gasteiger partial charge < -0.3 is 9.64 Å². The van der Waals surface area contributed by atoms with E-state index in [1.165, 1.54) is 35.4 Å². The molecule has 202 valence electrons. The summed E-state index contributed by atoms with van der Waals surface area (Å²) in [6.07, 6.45) is -0.180. The quantitative estimate of drug-likeness (QED) is 0.278. The molecule has 0 radical (unpaired) electrons. The molecule has 0 bridgehead atoms. The van der Waals surface area contributed by atoms with Gasteiger partial charge in [-0.15, -0.1) is 13.2 Å². The predicted octanol–water partition coefficient (Wildman–Crippen LogP) is 7.31. The average Bonchev–Trinajstić information content (AvgIpc) is 3.72. The number of alkyl halides is 3. The van der Waals surface area contributed by atoms with E-state index in [1.807, 2.05) is 24.3 Å². The van der Waals surface area contributed by atoms with E-state index < -0.39 is 16.3 Å². The van der Waals surface area contributed by atoms with Crippen LogP contribution in [-0.2, 0) is 22.8 Å². The smallest absolute Gasteiger partial charge is 0.406 e. The number of hydrogen-bond donors (Lipinski definition) is 1. The number of rotatable bonds is 9. The second kappa shape index (κ2) is 11.2. The fraction of sp³-hybridized carbons (Fsp3) is 0.357. The van der Waals surface area contributed by atoms with Gasteiger partial charge in [-0.05, 0) is 91.6 Å². The zero-order valence-electron chi connectivity index (χ0n) is 20.7. The molecule has 1 saturated carbocycles. The number of nitrogens with zero attached hydrogens (tertiary/aromatic N) is 2. The van der Waals surface area contributed by atoms with Crippen molar-refractivity contribution in [3.05, 3.63) is 82.9 Å². The number of nitrogens with one attached hydrogen (secondary N) is 1. The van der Waals surface area contributed by atoms with Crippen LogP contribution in [0.4, 0.5) is 24.5 Å². The van der Waals surface area contributed by atoms with Crippen molar-refractivity contribution in [2.24, 2.45) is 10.3 Å². The topological polar surface area (TPSA) is 53.9 Å². The number of aryl methyl sites for hydroxylation is 2. The van der Waals surface area contributed by atoms with E-state index in [9.17, 15) is 17.4 Å². The normalized spacial score (nSPS) is 16.7. The van der Waals surface area contributed by atoms with Crippen molar-refractivity contribution in [1.82, 2.24) is 4.72 Å². The van der Waals surface area contributed by atoms with Crippen LogP contribution in [0.3, 0.4) is 0 Å². The first-order chi connectivity index (χ1) is 18.2. The number of halogens is 4. The van der Waals surface area contributed by atoms with E-state index in [0.29, 0.717) is 41.9 Å². The Bertz CT molecular complexity index is 1400. The van der Waals surface area contributed by atoms with Crippen molar-refractivity contribution < 1.29 is 22.1 Å². The van der Waals surface area contributed by atoms with Crippen molar-refractivity contribution in [3.63, 3.8) is 0 Å². The van der Waals surface area contributed by atoms with Crippen molar-refractivity contribution >= 4 is 32.9 Å². The summed E-state index contributed by atoms with van der Waals surface area (Å²) in [5.74, 6) is 0.0580. The second-order valence-electron chi connectivity index (χ2n) is 9.60. The highest BCUT2D eigenvalue weighted by Gasteiger charge is 2.31. The number of hydrogen-bond acceptors (Lipinski definition) is 4. The standard InChI is InChI=1S/C28H29ClF3N3O2S/c29-23-11-10-22-9-8-21-4-1-2-5-26(21)35(27(22)18-23)17-3-16-33-38(36,34-19-20-6-7-20)25-14-12-24(13-15-25)37-28(30,31)32/h1-2,4-5,10-15,18,20H,3,6-9,16-17,19H2,(H,33,34,36). The maximum atomic E-state index is 13.9. The number of anilines is 2. The number of benzene rings is 3. The van der Waals surface area contributed by atoms with E-state index in [-0.39, 0.29) is 5.75 Å². The van der Waals surface area contributed by atoms with E-state index in [1.54, 1.807) is 0 Å². The molecule has 3 aromatic rings. The van der Waals surface area contributed by atoms with Crippen LogP contribution in [-0.4, -0.2) is 30.2 Å². The fourth-order valence-electron chi connectivity index (χ4n) is 4.61. The van der Waals surface area contributed by atoms with Crippen LogP contribution >= 0.6 is 11.6 Å². The second-order valence-corrected chi connectivity index (χ2v) is 12.1. The summed E-state index contributed by atoms with van der Waals surface area (Å²) >= 11 is 6.36. The highest BCUT2D eigenvalue weighted by Crippen LogP contribution is 2.37. The molecule has 10 heteroatoms. The Labute approximate surface area is 226 Å². The van der Waals surface area contributed by atoms with Crippen molar-refractivity contribution in [1.29, 1.82) is 0 Å². The van der Waals surface area contributed by atoms with Crippen LogP contribution < -0.4 is 14.4 Å². The molecule has 0 spiro atoms. The molecule has 3 aromatic carbocycles. The Morgan fingerprint density at radius 3 is 2.42 bits per heavy atom. The molecule has 1 aliphatic heterocycles. The maximum absolute atomic E-state index is 13.9. The van der Waals surface area contributed by atoms with Crippen LogP contribution in [0.5, 0.6) is 5.75 Å². The summed E-state index contributed by atoms with van der Waals surface area (Å²) in [4.78, 5) is 2.60. The first kappa shape index (κ1) is 26.8. The zero-order valence-corrected chi connectivity index (χ0v) is 22.3. The average molecular weight is 564 g/mol. The summed E-state index contributed by atoms with van der Waals surface area (Å²) in [6.45, 7) is 1.52. The van der Waals surface area contributed by atoms with Crippen molar-refractivity contribution in [2.45, 2.75) is 43.4 Å². The van der Waals surface area contributed by atoms with Gasteiger partial charge >= 0.3 is 6.36 Å². The van der Waals surface area contributed by atoms with Crippen LogP contribution in [0.25, 0.3) is 0 Å². The molecule has 1 fully saturated rings. The highest BCUT2D eigenvalue weighted by molar-refractivity contribution is 7.91. The van der Waals surface area contributed by atoms with Gasteiger partial charge in [-0.2, -0.15) is 0 Å². The third kappa shape index (κ3) is 6.62. The Hall–Kier alpha value is -2.75. The number of ether oxygens (including phenoxy) is 1. The molecule has 0 amide bonds. The summed E-state index contributed by atoms with van der Waals surface area (Å²) in [7, 11) is -3.02. The van der Waals surface area contributed by atoms with Gasteiger partial charge in [-0.25, -0.2) is 13.3 Å². The van der Waals surface area contributed by atoms with E-state index in [2.05, 4.69) is 36.9 Å². The highest BCUT2D eigenvalue weighted by atomic mass is 35.5. The fourth-order valence-corrected chi connectivity index (χ4v) is 6.53. The van der Waals surface area contributed by atoms with E-state index in [4.69, 9.17) is 11.6 Å². The van der Waals surface area contributed by atoms with Crippen molar-refractivity contribution in [2.75, 3.05) is 24.5 Å². The van der Waals surface area contributed by atoms with Gasteiger partial charge in [-0.1, -0.05) is 35.9 Å². The molecular weight excluding hydrogens is 535 g/mol. The Balaban J connectivity index is 1.32. The minimum absolute atomic E-state index is 0.338. The molecule has 0 saturated heterocycles. The summed E-state index contributed by atoms with van der Waals surface area (Å²) in [5.41, 5.74) is 4.69. The maximum Gasteiger partial charge on any atom is 0.573 e. The lowest BCUT2D eigenvalue weighted by molar-refractivity contribution is -0.274. The van der Waals surface area contributed by atoms with Crippen LogP contribution in [0.1, 0.15) is 30.4 Å². The van der Waals surface area contributed by atoms with E-state index in [0.717, 1.165) is 37.1 Å². The molecule has 2 aliphatic rings. The monoisotopic (exact) mass is 563 g/mol. The zero-order chi connectivity index (χ0) is 26.8. The lowest BCUT2D eigenvalue weighted by Gasteiger charge is -2.27. The summed E-state index contributed by atoms with van der Waals surface area (Å²) in [6, 6.07) is 19.4. The summed E-state index contributed by atoms with van der Waals surface area (Å²) < 4.78 is 63.2. The van der Waals surface area contributed by atoms with Gasteiger partial charge in [-0.3, -0.25) is 0 Å². The van der Waals surface area contributed by atoms with Gasteiger partial charge in [0.25, 0.3) is 0 Å². The Morgan fingerprint density at radius 2 is 1.71 bits per heavy atom. The van der Waals surface area contributed by atoms with Gasteiger partial charge in [0, 0.05) is 29.5 Å². The lowest BCUT2D eigenvalue weighted by atomic mass is 10.0. The van der Waals surface area contributed by atoms with Gasteiger partial charge in [0.2, 0.25) is 0 Å². The third-order valence-corrected chi connectivity index (χ3v) is 8.98. The SMILES string of the molecule is O=S(=NCC1CC1)(NCCCN1c2ccccc2CCc2ccc(Cl)cc21)c1ccc(OC(F)(F)F)cc1. The molecule has 38 heavy (non-hydrogen) atoms. The first-order valence-corrected chi connectivity index (χ1v) is 14.6. The van der Waals surface area contributed by atoms with Crippen LogP contribution in [0.2, 0.25) is 5.02 Å². The minimum atomic E-state index is -4.79. The third-order valence-electron chi connectivity index (χ3n) is 6.73. The van der Waals surface area contributed by atoms with Crippen LogP contribution in [0, 0.1) is 5.92 Å². The molecule has 5 rings (SSSR count). The molecule has 1 heterocycles. The van der Waals surface area contributed by atoms with Crippen LogP contribution in [0.15, 0.2) is 76.0 Å². The molecule has 0 aromatic heterocycles. The Kier molecular flexibility index (Phi) is 7.88. The summed E-state index contributed by atoms with van der Waals surface area (Å²) in [5, 5.41) is 0.672. The molecule has 1 aliphatic carbocycles.